The second-order valence-electron chi connectivity index (χ2n) is 9.81. The van der Waals surface area contributed by atoms with Crippen LogP contribution in [0.5, 0.6) is 0 Å². The molecule has 4 N–H and O–H groups in total. The molecule has 3 amide bonds. The number of benzene rings is 3. The predicted octanol–water partition coefficient (Wildman–Crippen LogP) is 2.54. The first kappa shape index (κ1) is 25.9. The van der Waals surface area contributed by atoms with E-state index in [0.717, 1.165) is 30.5 Å². The minimum absolute atomic E-state index is 0.0336. The average Bonchev–Trinajstić information content (AvgIpc) is 3.23. The largest absolute Gasteiger partial charge is 0.398 e. The van der Waals surface area contributed by atoms with Crippen LogP contribution in [0.4, 0.5) is 17.1 Å². The van der Waals surface area contributed by atoms with Crippen LogP contribution in [-0.2, 0) is 20.8 Å². The molecule has 1 unspecified atom stereocenters. The molecule has 0 aromatic heterocycles. The van der Waals surface area contributed by atoms with Gasteiger partial charge in [0.2, 0.25) is 17.7 Å². The van der Waals surface area contributed by atoms with E-state index in [1.165, 1.54) is 16.0 Å². The molecule has 0 saturated heterocycles. The van der Waals surface area contributed by atoms with Crippen molar-refractivity contribution in [1.82, 2.24) is 4.90 Å². The molecule has 2 heterocycles. The molecular weight excluding hydrogens is 490 g/mol. The number of hydrogen-bond acceptors (Lipinski definition) is 4. The van der Waals surface area contributed by atoms with Gasteiger partial charge in [0.25, 0.3) is 0 Å². The highest BCUT2D eigenvalue weighted by Gasteiger charge is 2.39. The number of aryl methyl sites for hydroxylation is 1. The zero-order chi connectivity index (χ0) is 27.4. The van der Waals surface area contributed by atoms with Gasteiger partial charge in [-0.3, -0.25) is 24.7 Å². The Kier molecular flexibility index (Phi) is 7.54. The van der Waals surface area contributed by atoms with Crippen LogP contribution in [-0.4, -0.2) is 41.4 Å². The van der Waals surface area contributed by atoms with E-state index in [1.807, 2.05) is 42.5 Å². The smallest absolute Gasteiger partial charge is 0.247 e. The molecule has 0 spiro atoms. The minimum atomic E-state index is -1.14. The van der Waals surface area contributed by atoms with E-state index in [4.69, 9.17) is 11.1 Å². The van der Waals surface area contributed by atoms with Crippen LogP contribution >= 0.6 is 0 Å². The fourth-order valence-corrected chi connectivity index (χ4v) is 5.18. The lowest BCUT2D eigenvalue weighted by Gasteiger charge is -2.27. The third kappa shape index (κ3) is 5.45. The summed E-state index contributed by atoms with van der Waals surface area (Å²) in [5.74, 6) is -2.24. The number of carbonyl (C=O) groups is 3. The topological polar surface area (TPSA) is 113 Å². The summed E-state index contributed by atoms with van der Waals surface area (Å²) >= 11 is 0. The first-order valence-corrected chi connectivity index (χ1v) is 13.2. The van der Waals surface area contributed by atoms with Crippen molar-refractivity contribution in [2.75, 3.05) is 28.6 Å². The quantitative estimate of drug-likeness (QED) is 0.294. The molecule has 2 aliphatic heterocycles. The van der Waals surface area contributed by atoms with E-state index in [9.17, 15) is 14.4 Å². The van der Waals surface area contributed by atoms with Crippen LogP contribution in [0.3, 0.4) is 0 Å². The lowest BCUT2D eigenvalue weighted by atomic mass is 9.94. The summed E-state index contributed by atoms with van der Waals surface area (Å²) in [7, 11) is 0. The van der Waals surface area contributed by atoms with Crippen molar-refractivity contribution in [3.63, 3.8) is 0 Å². The number of para-hydroxylation sites is 3. The molecule has 1 atom stereocenters. The molecule has 8 heteroatoms. The predicted molar refractivity (Wildman–Crippen MR) is 152 cm³/mol. The molecule has 2 aliphatic rings. The Morgan fingerprint density at radius 3 is 2.38 bits per heavy atom. The molecule has 0 fully saturated rings. The average molecular weight is 523 g/mol. The monoisotopic (exact) mass is 522 g/mol. The molecule has 0 saturated carbocycles. The van der Waals surface area contributed by atoms with E-state index in [2.05, 4.69) is 0 Å². The zero-order valence-corrected chi connectivity index (χ0v) is 21.7. The number of hydrogen-bond donors (Lipinski definition) is 2. The molecule has 0 radical (unpaired) electrons. The number of anilines is 3. The standard InChI is InChI=1S/C31H31N5O3/c32-26-15-6-5-14-24(26)27(33)20-25-30(38)34(18-19-35(31(25)39)23-12-2-1-3-13-23)21-29(37)36-17-9-8-11-22-10-4-7-16-28(22)36/h1-7,10,12-16,18-19,25,33H,8-9,11,17,20-21,32H2/p+1. The van der Waals surface area contributed by atoms with Crippen molar-refractivity contribution >= 4 is 40.5 Å². The Hall–Kier alpha value is -4.72. The van der Waals surface area contributed by atoms with Gasteiger partial charge in [0.1, 0.15) is 12.5 Å². The Morgan fingerprint density at radius 2 is 1.59 bits per heavy atom. The first-order valence-electron chi connectivity index (χ1n) is 13.2. The SMILES string of the molecule is Nc1ccccc1C(=[NH2+])CC1C(=O)N(CC(=O)N2CCCCc3ccccc32)C=CN(c2ccccc2)C1=O. The second kappa shape index (κ2) is 11.3. The van der Waals surface area contributed by atoms with E-state index >= 15 is 0 Å². The maximum Gasteiger partial charge on any atom is 0.247 e. The molecule has 0 bridgehead atoms. The lowest BCUT2D eigenvalue weighted by Crippen LogP contribution is -2.48. The van der Waals surface area contributed by atoms with Crippen molar-refractivity contribution < 1.29 is 19.8 Å². The molecule has 0 aliphatic carbocycles. The zero-order valence-electron chi connectivity index (χ0n) is 21.7. The highest BCUT2D eigenvalue weighted by molar-refractivity contribution is 6.14. The second-order valence-corrected chi connectivity index (χ2v) is 9.81. The van der Waals surface area contributed by atoms with Crippen molar-refractivity contribution in [1.29, 1.82) is 0 Å². The van der Waals surface area contributed by atoms with E-state index in [1.54, 1.807) is 47.5 Å². The first-order chi connectivity index (χ1) is 18.9. The number of amides is 3. The van der Waals surface area contributed by atoms with Crippen LogP contribution in [0.25, 0.3) is 0 Å². The van der Waals surface area contributed by atoms with Gasteiger partial charge in [-0.15, -0.1) is 0 Å². The molecule has 3 aromatic carbocycles. The molecule has 5 rings (SSSR count). The normalized spacial score (nSPS) is 17.4. The number of fused-ring (bicyclic) bond motifs is 1. The van der Waals surface area contributed by atoms with Gasteiger partial charge in [-0.05, 0) is 55.2 Å². The minimum Gasteiger partial charge on any atom is -0.398 e. The fraction of sp³-hybridized carbons (Fsp3) is 0.226. The van der Waals surface area contributed by atoms with E-state index in [0.29, 0.717) is 29.2 Å². The summed E-state index contributed by atoms with van der Waals surface area (Å²) in [4.78, 5) is 45.8. The molecule has 8 nitrogen and oxygen atoms in total. The molecule has 198 valence electrons. The summed E-state index contributed by atoms with van der Waals surface area (Å²) in [6, 6.07) is 24.0. The van der Waals surface area contributed by atoms with Gasteiger partial charge in [-0.2, -0.15) is 0 Å². The highest BCUT2D eigenvalue weighted by atomic mass is 16.2. The van der Waals surface area contributed by atoms with Crippen LogP contribution < -0.4 is 20.9 Å². The lowest BCUT2D eigenvalue weighted by molar-refractivity contribution is -0.142. The number of carbonyl (C=O) groups excluding carboxylic acids is 3. The summed E-state index contributed by atoms with van der Waals surface area (Å²) in [6.07, 6.45) is 5.80. The fourth-order valence-electron chi connectivity index (χ4n) is 5.18. The number of nitrogen functional groups attached to an aromatic ring is 1. The van der Waals surface area contributed by atoms with Crippen LogP contribution in [0, 0.1) is 5.92 Å². The van der Waals surface area contributed by atoms with Gasteiger partial charge < -0.3 is 15.5 Å². The van der Waals surface area contributed by atoms with Crippen LogP contribution in [0.2, 0.25) is 0 Å². The number of rotatable bonds is 6. The Bertz CT molecular complexity index is 1430. The van der Waals surface area contributed by atoms with Gasteiger partial charge in [0.05, 0.1) is 12.0 Å². The molecule has 39 heavy (non-hydrogen) atoms. The van der Waals surface area contributed by atoms with Gasteiger partial charge in [-0.1, -0.05) is 48.5 Å². The van der Waals surface area contributed by atoms with Crippen LogP contribution in [0.1, 0.15) is 30.4 Å². The third-order valence-electron chi connectivity index (χ3n) is 7.24. The number of nitrogens with two attached hydrogens (primary N) is 2. The van der Waals surface area contributed by atoms with Gasteiger partial charge >= 0.3 is 0 Å². The van der Waals surface area contributed by atoms with E-state index < -0.39 is 17.7 Å². The van der Waals surface area contributed by atoms with Gasteiger partial charge in [0, 0.05) is 36.0 Å². The Morgan fingerprint density at radius 1 is 0.872 bits per heavy atom. The number of nitrogens with zero attached hydrogens (tertiary/aromatic N) is 3. The molecule has 3 aromatic rings. The summed E-state index contributed by atoms with van der Waals surface area (Å²) in [5, 5.41) is 6.42. The summed E-state index contributed by atoms with van der Waals surface area (Å²) < 4.78 is 0. The summed E-state index contributed by atoms with van der Waals surface area (Å²) in [6.45, 7) is 0.386. The Labute approximate surface area is 227 Å². The van der Waals surface area contributed by atoms with Crippen molar-refractivity contribution in [3.8, 4) is 0 Å². The van der Waals surface area contributed by atoms with Gasteiger partial charge in [-0.25, -0.2) is 0 Å². The Balaban J connectivity index is 1.45. The van der Waals surface area contributed by atoms with Gasteiger partial charge in [0.15, 0.2) is 5.71 Å². The third-order valence-corrected chi connectivity index (χ3v) is 7.24. The maximum absolute atomic E-state index is 13.9. The van der Waals surface area contributed by atoms with Crippen molar-refractivity contribution in [2.24, 2.45) is 5.92 Å². The molecular formula is C31H32N5O3+. The van der Waals surface area contributed by atoms with Crippen molar-refractivity contribution in [2.45, 2.75) is 25.7 Å². The van der Waals surface area contributed by atoms with Crippen molar-refractivity contribution in [3.05, 3.63) is 102 Å². The maximum atomic E-state index is 13.9. The highest BCUT2D eigenvalue weighted by Crippen LogP contribution is 2.28. The summed E-state index contributed by atoms with van der Waals surface area (Å²) in [5.41, 5.74) is 10.1. The van der Waals surface area contributed by atoms with E-state index in [-0.39, 0.29) is 18.9 Å². The van der Waals surface area contributed by atoms with Crippen LogP contribution in [0.15, 0.2) is 91.3 Å².